The second-order valence-corrected chi connectivity index (χ2v) is 10.1. The summed E-state index contributed by atoms with van der Waals surface area (Å²) in [5, 5.41) is 11.9. The highest BCUT2D eigenvalue weighted by Crippen LogP contribution is 2.32. The molecule has 0 bridgehead atoms. The first-order valence-corrected chi connectivity index (χ1v) is 12.2. The maximum absolute atomic E-state index is 12.8. The Bertz CT molecular complexity index is 1200. The average Bonchev–Trinajstić information content (AvgIpc) is 3.16. The highest BCUT2D eigenvalue weighted by atomic mass is 35.5. The lowest BCUT2D eigenvalue weighted by molar-refractivity contribution is -0.116. The molecule has 1 aromatic heterocycles. The Morgan fingerprint density at radius 1 is 1.19 bits per heavy atom. The van der Waals surface area contributed by atoms with E-state index in [0.717, 1.165) is 21.7 Å². The van der Waals surface area contributed by atoms with Gasteiger partial charge in [-0.1, -0.05) is 52.8 Å². The van der Waals surface area contributed by atoms with E-state index in [2.05, 4.69) is 15.5 Å². The summed E-state index contributed by atoms with van der Waals surface area (Å²) in [7, 11) is -2.34. The van der Waals surface area contributed by atoms with Gasteiger partial charge in [-0.3, -0.25) is 14.4 Å². The molecule has 164 valence electrons. The van der Waals surface area contributed by atoms with E-state index in [1.54, 1.807) is 6.07 Å². The van der Waals surface area contributed by atoms with Gasteiger partial charge in [0, 0.05) is 5.56 Å². The molecule has 3 aromatic rings. The van der Waals surface area contributed by atoms with Gasteiger partial charge in [0.05, 0.1) is 24.1 Å². The summed E-state index contributed by atoms with van der Waals surface area (Å²) in [6.07, 6.45) is 1.02. The fourth-order valence-corrected chi connectivity index (χ4v) is 5.07. The van der Waals surface area contributed by atoms with Gasteiger partial charge in [-0.25, -0.2) is 8.42 Å². The van der Waals surface area contributed by atoms with Crippen LogP contribution in [0.1, 0.15) is 12.5 Å². The van der Waals surface area contributed by atoms with Crippen LogP contribution in [-0.4, -0.2) is 43.9 Å². The van der Waals surface area contributed by atoms with Crippen LogP contribution in [0.25, 0.3) is 10.6 Å². The van der Waals surface area contributed by atoms with E-state index in [1.165, 1.54) is 37.5 Å². The topological polar surface area (TPSA) is 101 Å². The van der Waals surface area contributed by atoms with Crippen molar-refractivity contribution < 1.29 is 17.9 Å². The van der Waals surface area contributed by atoms with Crippen molar-refractivity contribution in [2.24, 2.45) is 0 Å². The molecule has 0 spiro atoms. The highest BCUT2D eigenvalue weighted by Gasteiger charge is 2.30. The first-order chi connectivity index (χ1) is 14.6. The largest absolute Gasteiger partial charge is 0.495 e. The van der Waals surface area contributed by atoms with Crippen LogP contribution in [0.3, 0.4) is 0 Å². The van der Waals surface area contributed by atoms with E-state index >= 15 is 0 Å². The summed E-state index contributed by atoms with van der Waals surface area (Å²) in [6.45, 7) is 3.47. The number of benzene rings is 2. The van der Waals surface area contributed by atoms with Gasteiger partial charge in [0.2, 0.25) is 21.1 Å². The molecule has 1 N–H and O–H groups in total. The third-order valence-electron chi connectivity index (χ3n) is 4.43. The molecule has 0 aliphatic rings. The predicted octanol–water partition coefficient (Wildman–Crippen LogP) is 3.97. The van der Waals surface area contributed by atoms with Gasteiger partial charge < -0.3 is 4.74 Å². The molecule has 0 fully saturated rings. The van der Waals surface area contributed by atoms with Crippen molar-refractivity contribution >= 4 is 49.7 Å². The zero-order valence-corrected chi connectivity index (χ0v) is 19.7. The van der Waals surface area contributed by atoms with E-state index in [0.29, 0.717) is 10.8 Å². The molecule has 11 heteroatoms. The monoisotopic (exact) mass is 480 g/mol. The molecule has 1 amide bonds. The van der Waals surface area contributed by atoms with Crippen LogP contribution >= 0.6 is 22.9 Å². The number of amides is 1. The van der Waals surface area contributed by atoms with Crippen LogP contribution in [0.5, 0.6) is 5.75 Å². The summed E-state index contributed by atoms with van der Waals surface area (Å²) in [5.41, 5.74) is 2.24. The second-order valence-electron chi connectivity index (χ2n) is 6.82. The quantitative estimate of drug-likeness (QED) is 0.549. The minimum Gasteiger partial charge on any atom is -0.495 e. The molecule has 0 aliphatic heterocycles. The van der Waals surface area contributed by atoms with Crippen molar-refractivity contribution in [2.45, 2.75) is 19.9 Å². The summed E-state index contributed by atoms with van der Waals surface area (Å²) in [4.78, 5) is 12.8. The minimum atomic E-state index is -3.79. The molecule has 0 unspecified atom stereocenters. The van der Waals surface area contributed by atoms with Crippen molar-refractivity contribution in [1.82, 2.24) is 10.2 Å². The molecular weight excluding hydrogens is 460 g/mol. The summed E-state index contributed by atoms with van der Waals surface area (Å²) in [5.74, 6) is -0.155. The molecule has 8 nitrogen and oxygen atoms in total. The van der Waals surface area contributed by atoms with E-state index in [-0.39, 0.29) is 15.8 Å². The van der Waals surface area contributed by atoms with Gasteiger partial charge in [0.1, 0.15) is 16.8 Å². The number of nitrogens with zero attached hydrogens (tertiary/aromatic N) is 3. The third kappa shape index (κ3) is 5.33. The lowest BCUT2D eigenvalue weighted by Gasteiger charge is -2.28. The Labute approximate surface area is 189 Å². The van der Waals surface area contributed by atoms with Crippen LogP contribution in [0.4, 0.5) is 10.8 Å². The van der Waals surface area contributed by atoms with Crippen molar-refractivity contribution in [3.05, 3.63) is 53.1 Å². The Kier molecular flexibility index (Phi) is 6.83. The Hall–Kier alpha value is -2.69. The normalized spacial score (nSPS) is 12.3. The number of aromatic nitrogens is 2. The number of carbonyl (C=O) groups is 1. The number of carbonyl (C=O) groups excluding carboxylic acids is 1. The molecule has 0 saturated heterocycles. The minimum absolute atomic E-state index is 0.230. The zero-order chi connectivity index (χ0) is 22.8. The maximum Gasteiger partial charge on any atom is 0.249 e. The van der Waals surface area contributed by atoms with Crippen LogP contribution < -0.4 is 14.4 Å². The molecule has 2 aromatic carbocycles. The molecule has 3 rings (SSSR count). The average molecular weight is 481 g/mol. The standard InChI is InChI=1S/C20H21ClN4O4S2/c1-12-5-7-14(8-6-12)19-23-24-20(30-19)22-18(26)13(2)25(31(4,27)28)15-9-10-17(29-3)16(21)11-15/h5-11,13H,1-4H3,(H,22,24,26)/t13-/m1/s1. The van der Waals surface area contributed by atoms with Crippen LogP contribution in [-0.2, 0) is 14.8 Å². The number of hydrogen-bond acceptors (Lipinski definition) is 7. The number of hydrogen-bond donors (Lipinski definition) is 1. The number of methoxy groups -OCH3 is 1. The number of aryl methyl sites for hydroxylation is 1. The number of ether oxygens (including phenoxy) is 1. The van der Waals surface area contributed by atoms with Crippen LogP contribution in [0.2, 0.25) is 5.02 Å². The smallest absolute Gasteiger partial charge is 0.249 e. The first kappa shape index (κ1) is 23.0. The van der Waals surface area contributed by atoms with Crippen molar-refractivity contribution in [3.8, 4) is 16.3 Å². The van der Waals surface area contributed by atoms with E-state index < -0.39 is 22.0 Å². The maximum atomic E-state index is 12.8. The zero-order valence-electron chi connectivity index (χ0n) is 17.3. The molecule has 0 aliphatic carbocycles. The SMILES string of the molecule is COc1ccc(N([C@H](C)C(=O)Nc2nnc(-c3ccc(C)cc3)s2)S(C)(=O)=O)cc1Cl. The summed E-state index contributed by atoms with van der Waals surface area (Å²) >= 11 is 7.34. The van der Waals surface area contributed by atoms with Crippen molar-refractivity contribution in [2.75, 3.05) is 23.0 Å². The first-order valence-electron chi connectivity index (χ1n) is 9.14. The van der Waals surface area contributed by atoms with Gasteiger partial charge in [-0.05, 0) is 32.0 Å². The molecule has 1 atom stereocenters. The molecule has 0 saturated carbocycles. The van der Waals surface area contributed by atoms with Crippen molar-refractivity contribution in [3.63, 3.8) is 0 Å². The Morgan fingerprint density at radius 3 is 2.45 bits per heavy atom. The van der Waals surface area contributed by atoms with E-state index in [4.69, 9.17) is 16.3 Å². The fraction of sp³-hybridized carbons (Fsp3) is 0.250. The van der Waals surface area contributed by atoms with Gasteiger partial charge in [-0.15, -0.1) is 10.2 Å². The molecule has 0 radical (unpaired) electrons. The lowest BCUT2D eigenvalue weighted by Crippen LogP contribution is -2.45. The fourth-order valence-electron chi connectivity index (χ4n) is 2.90. The van der Waals surface area contributed by atoms with E-state index in [9.17, 15) is 13.2 Å². The van der Waals surface area contributed by atoms with Gasteiger partial charge >= 0.3 is 0 Å². The number of sulfonamides is 1. The Morgan fingerprint density at radius 2 is 1.87 bits per heavy atom. The number of halogens is 1. The third-order valence-corrected chi connectivity index (χ3v) is 6.86. The lowest BCUT2D eigenvalue weighted by atomic mass is 10.2. The summed E-state index contributed by atoms with van der Waals surface area (Å²) < 4.78 is 31.0. The summed E-state index contributed by atoms with van der Waals surface area (Å²) in [6, 6.07) is 11.2. The molecule has 31 heavy (non-hydrogen) atoms. The molecule has 1 heterocycles. The molecular formula is C20H21ClN4O4S2. The number of anilines is 2. The van der Waals surface area contributed by atoms with Crippen LogP contribution in [0.15, 0.2) is 42.5 Å². The van der Waals surface area contributed by atoms with Crippen LogP contribution in [0, 0.1) is 6.92 Å². The van der Waals surface area contributed by atoms with Gasteiger partial charge in [0.15, 0.2) is 0 Å². The van der Waals surface area contributed by atoms with Crippen molar-refractivity contribution in [1.29, 1.82) is 0 Å². The van der Waals surface area contributed by atoms with E-state index in [1.807, 2.05) is 31.2 Å². The second kappa shape index (κ2) is 9.21. The predicted molar refractivity (Wildman–Crippen MR) is 124 cm³/mol. The Balaban J connectivity index is 1.82. The highest BCUT2D eigenvalue weighted by molar-refractivity contribution is 7.92. The number of nitrogens with one attached hydrogen (secondary N) is 1. The van der Waals surface area contributed by atoms with Gasteiger partial charge in [0.25, 0.3) is 0 Å². The number of rotatable bonds is 7. The van der Waals surface area contributed by atoms with Gasteiger partial charge in [-0.2, -0.15) is 0 Å².